The lowest BCUT2D eigenvalue weighted by Gasteiger charge is -2.15. The number of benzene rings is 1. The fourth-order valence-corrected chi connectivity index (χ4v) is 2.16. The molecule has 1 aliphatic rings. The SMILES string of the molecule is CC[C@H]1O[C@H](OC(=O)c2ccccc2)[C@H](O)[C@@H]1C. The maximum absolute atomic E-state index is 11.8. The van der Waals surface area contributed by atoms with Crippen LogP contribution in [0.25, 0.3) is 0 Å². The van der Waals surface area contributed by atoms with Crippen molar-refractivity contribution < 1.29 is 19.4 Å². The number of hydrogen-bond acceptors (Lipinski definition) is 4. The van der Waals surface area contributed by atoms with E-state index in [0.29, 0.717) is 5.56 Å². The smallest absolute Gasteiger partial charge is 0.340 e. The van der Waals surface area contributed by atoms with E-state index in [1.54, 1.807) is 24.3 Å². The van der Waals surface area contributed by atoms with Crippen LogP contribution in [0.5, 0.6) is 0 Å². The lowest BCUT2D eigenvalue weighted by Crippen LogP contribution is -2.30. The Balaban J connectivity index is 2.00. The van der Waals surface area contributed by atoms with Crippen molar-refractivity contribution in [3.05, 3.63) is 35.9 Å². The van der Waals surface area contributed by atoms with Crippen molar-refractivity contribution >= 4 is 5.97 Å². The van der Waals surface area contributed by atoms with Gasteiger partial charge in [0.15, 0.2) is 0 Å². The summed E-state index contributed by atoms with van der Waals surface area (Å²) in [6.07, 6.45) is -0.897. The summed E-state index contributed by atoms with van der Waals surface area (Å²) in [5, 5.41) is 9.95. The normalized spacial score (nSPS) is 31.3. The van der Waals surface area contributed by atoms with Crippen molar-refractivity contribution in [2.24, 2.45) is 5.92 Å². The molecule has 18 heavy (non-hydrogen) atoms. The topological polar surface area (TPSA) is 55.8 Å². The summed E-state index contributed by atoms with van der Waals surface area (Å²) in [6.45, 7) is 3.88. The van der Waals surface area contributed by atoms with Crippen LogP contribution in [0.4, 0.5) is 0 Å². The first-order chi connectivity index (χ1) is 8.63. The van der Waals surface area contributed by atoms with Crippen LogP contribution < -0.4 is 0 Å². The van der Waals surface area contributed by atoms with Crippen LogP contribution in [0, 0.1) is 5.92 Å². The highest BCUT2D eigenvalue weighted by Gasteiger charge is 2.42. The van der Waals surface area contributed by atoms with Gasteiger partial charge in [-0.05, 0) is 18.6 Å². The lowest BCUT2D eigenvalue weighted by atomic mass is 9.99. The minimum atomic E-state index is -0.863. The molecule has 4 atom stereocenters. The van der Waals surface area contributed by atoms with Crippen LogP contribution in [0.2, 0.25) is 0 Å². The number of carbonyl (C=O) groups is 1. The zero-order chi connectivity index (χ0) is 13.1. The number of carbonyl (C=O) groups excluding carboxylic acids is 1. The van der Waals surface area contributed by atoms with Crippen molar-refractivity contribution in [2.75, 3.05) is 0 Å². The van der Waals surface area contributed by atoms with Gasteiger partial charge in [-0.1, -0.05) is 32.0 Å². The molecule has 1 saturated heterocycles. The number of esters is 1. The molecule has 0 saturated carbocycles. The predicted molar refractivity (Wildman–Crippen MR) is 66.0 cm³/mol. The molecule has 1 aromatic carbocycles. The van der Waals surface area contributed by atoms with Gasteiger partial charge in [0.1, 0.15) is 6.10 Å². The second kappa shape index (κ2) is 5.50. The quantitative estimate of drug-likeness (QED) is 0.833. The molecule has 1 N–H and O–H groups in total. The van der Waals surface area contributed by atoms with E-state index >= 15 is 0 Å². The average Bonchev–Trinajstić information content (AvgIpc) is 2.67. The van der Waals surface area contributed by atoms with E-state index in [2.05, 4.69) is 0 Å². The van der Waals surface area contributed by atoms with Gasteiger partial charge in [-0.2, -0.15) is 0 Å². The lowest BCUT2D eigenvalue weighted by molar-refractivity contribution is -0.134. The van der Waals surface area contributed by atoms with Crippen LogP contribution >= 0.6 is 0 Å². The van der Waals surface area contributed by atoms with E-state index in [4.69, 9.17) is 9.47 Å². The van der Waals surface area contributed by atoms with Gasteiger partial charge in [-0.25, -0.2) is 4.79 Å². The Morgan fingerprint density at radius 3 is 2.61 bits per heavy atom. The maximum atomic E-state index is 11.8. The Hall–Kier alpha value is -1.39. The van der Waals surface area contributed by atoms with E-state index in [1.165, 1.54) is 0 Å². The molecule has 1 aliphatic heterocycles. The molecule has 0 unspecified atom stereocenters. The van der Waals surface area contributed by atoms with Crippen LogP contribution in [-0.4, -0.2) is 29.6 Å². The van der Waals surface area contributed by atoms with E-state index in [-0.39, 0.29) is 12.0 Å². The summed E-state index contributed by atoms with van der Waals surface area (Å²) in [6, 6.07) is 8.70. The summed E-state index contributed by atoms with van der Waals surface area (Å²) in [5.74, 6) is -0.493. The molecule has 0 bridgehead atoms. The number of aliphatic hydroxyl groups excluding tert-OH is 1. The van der Waals surface area contributed by atoms with Gasteiger partial charge in [0.05, 0.1) is 11.7 Å². The molecule has 0 aliphatic carbocycles. The van der Waals surface area contributed by atoms with Crippen molar-refractivity contribution in [1.29, 1.82) is 0 Å². The Morgan fingerprint density at radius 1 is 1.39 bits per heavy atom. The fraction of sp³-hybridized carbons (Fsp3) is 0.500. The Kier molecular flexibility index (Phi) is 3.99. The Labute approximate surface area is 107 Å². The molecule has 0 amide bonds. The van der Waals surface area contributed by atoms with Crippen molar-refractivity contribution in [2.45, 2.75) is 38.8 Å². The zero-order valence-electron chi connectivity index (χ0n) is 10.6. The third kappa shape index (κ3) is 2.54. The van der Waals surface area contributed by atoms with Gasteiger partial charge in [0, 0.05) is 5.92 Å². The largest absolute Gasteiger partial charge is 0.429 e. The summed E-state index contributed by atoms with van der Waals surface area (Å²) < 4.78 is 10.7. The number of aliphatic hydroxyl groups is 1. The molecule has 2 rings (SSSR count). The molecule has 0 aromatic heterocycles. The summed E-state index contributed by atoms with van der Waals surface area (Å²) in [5.41, 5.74) is 0.459. The fourth-order valence-electron chi connectivity index (χ4n) is 2.16. The third-order valence-electron chi connectivity index (χ3n) is 3.35. The summed E-state index contributed by atoms with van der Waals surface area (Å²) in [7, 11) is 0. The van der Waals surface area contributed by atoms with Crippen LogP contribution in [0.15, 0.2) is 30.3 Å². The second-order valence-electron chi connectivity index (χ2n) is 4.57. The Morgan fingerprint density at radius 2 is 2.06 bits per heavy atom. The highest BCUT2D eigenvalue weighted by molar-refractivity contribution is 5.89. The van der Waals surface area contributed by atoms with Crippen LogP contribution in [0.1, 0.15) is 30.6 Å². The standard InChI is InChI=1S/C14H18O4/c1-3-11-9(2)12(15)14(17-11)18-13(16)10-7-5-4-6-8-10/h4-9,11-12,14-15H,3H2,1-2H3/t9-,11-,12-,14-/m1/s1. The zero-order valence-corrected chi connectivity index (χ0v) is 10.6. The number of rotatable bonds is 3. The molecular weight excluding hydrogens is 232 g/mol. The van der Waals surface area contributed by atoms with Gasteiger partial charge in [0.25, 0.3) is 0 Å². The Bertz CT molecular complexity index is 404. The summed E-state index contributed by atoms with van der Waals surface area (Å²) in [4.78, 5) is 11.8. The third-order valence-corrected chi connectivity index (χ3v) is 3.35. The first-order valence-corrected chi connectivity index (χ1v) is 6.23. The van der Waals surface area contributed by atoms with Crippen molar-refractivity contribution in [3.63, 3.8) is 0 Å². The molecule has 4 heteroatoms. The molecule has 1 aromatic rings. The molecule has 1 fully saturated rings. The molecule has 0 spiro atoms. The first-order valence-electron chi connectivity index (χ1n) is 6.23. The van der Waals surface area contributed by atoms with Gasteiger partial charge >= 0.3 is 5.97 Å². The van der Waals surface area contributed by atoms with Gasteiger partial charge in [0.2, 0.25) is 6.29 Å². The van der Waals surface area contributed by atoms with E-state index in [1.807, 2.05) is 19.9 Å². The van der Waals surface area contributed by atoms with Gasteiger partial charge in [-0.3, -0.25) is 0 Å². The minimum absolute atomic E-state index is 0.0245. The second-order valence-corrected chi connectivity index (χ2v) is 4.57. The highest BCUT2D eigenvalue weighted by atomic mass is 16.7. The van der Waals surface area contributed by atoms with Crippen molar-refractivity contribution in [3.8, 4) is 0 Å². The first kappa shape index (κ1) is 13.1. The maximum Gasteiger partial charge on any atom is 0.340 e. The van der Waals surface area contributed by atoms with Crippen LogP contribution in [0.3, 0.4) is 0 Å². The minimum Gasteiger partial charge on any atom is -0.429 e. The summed E-state index contributed by atoms with van der Waals surface area (Å²) >= 11 is 0. The average molecular weight is 250 g/mol. The monoisotopic (exact) mass is 250 g/mol. The van der Waals surface area contributed by atoms with Crippen molar-refractivity contribution in [1.82, 2.24) is 0 Å². The van der Waals surface area contributed by atoms with E-state index in [9.17, 15) is 9.90 Å². The van der Waals surface area contributed by atoms with Gasteiger partial charge in [-0.15, -0.1) is 0 Å². The predicted octanol–water partition coefficient (Wildman–Crippen LogP) is 1.98. The van der Waals surface area contributed by atoms with Crippen LogP contribution in [-0.2, 0) is 9.47 Å². The van der Waals surface area contributed by atoms with E-state index in [0.717, 1.165) is 6.42 Å². The molecule has 4 nitrogen and oxygen atoms in total. The van der Waals surface area contributed by atoms with Gasteiger partial charge < -0.3 is 14.6 Å². The molecular formula is C14H18O4. The highest BCUT2D eigenvalue weighted by Crippen LogP contribution is 2.29. The number of hydrogen-bond donors (Lipinski definition) is 1. The van der Waals surface area contributed by atoms with E-state index < -0.39 is 18.4 Å². The number of ether oxygens (including phenoxy) is 2. The molecule has 0 radical (unpaired) electrons. The molecule has 1 heterocycles. The molecule has 98 valence electrons.